The average molecular weight is 432 g/mol. The second-order valence-electron chi connectivity index (χ2n) is 8.71. The molecule has 31 heavy (non-hydrogen) atoms. The van der Waals surface area contributed by atoms with Crippen LogP contribution in [0.1, 0.15) is 31.7 Å². The first-order chi connectivity index (χ1) is 15.1. The highest BCUT2D eigenvalue weighted by Crippen LogP contribution is 2.25. The maximum Gasteiger partial charge on any atom is 0.194 e. The summed E-state index contributed by atoms with van der Waals surface area (Å²) in [5, 5.41) is 3.51. The topological polar surface area (TPSA) is 52.6 Å². The van der Waals surface area contributed by atoms with Crippen LogP contribution in [0.5, 0.6) is 11.5 Å². The fraction of sp³-hybridized carbons (Fsp3) is 0.708. The molecule has 2 aliphatic rings. The van der Waals surface area contributed by atoms with E-state index in [1.54, 1.807) is 14.2 Å². The lowest BCUT2D eigenvalue weighted by Crippen LogP contribution is -2.52. The van der Waals surface area contributed by atoms with Gasteiger partial charge in [-0.15, -0.1) is 0 Å². The number of piperidine rings is 1. The first kappa shape index (κ1) is 23.7. The van der Waals surface area contributed by atoms with Crippen molar-refractivity contribution in [3.05, 3.63) is 23.8 Å². The van der Waals surface area contributed by atoms with Gasteiger partial charge < -0.3 is 24.6 Å². The molecule has 0 amide bonds. The Kier molecular flexibility index (Phi) is 9.28. The van der Waals surface area contributed by atoms with Gasteiger partial charge in [0.2, 0.25) is 0 Å². The van der Waals surface area contributed by atoms with Gasteiger partial charge in [0.15, 0.2) is 5.96 Å². The van der Waals surface area contributed by atoms with Gasteiger partial charge in [0.1, 0.15) is 11.5 Å². The Balaban J connectivity index is 1.50. The molecule has 174 valence electrons. The van der Waals surface area contributed by atoms with E-state index in [2.05, 4.69) is 40.1 Å². The summed E-state index contributed by atoms with van der Waals surface area (Å²) in [6.07, 6.45) is 3.84. The van der Waals surface area contributed by atoms with Crippen LogP contribution in [-0.4, -0.2) is 94.3 Å². The molecule has 1 aromatic rings. The van der Waals surface area contributed by atoms with Crippen LogP contribution in [0.15, 0.2) is 23.2 Å². The number of nitrogens with one attached hydrogen (secondary N) is 1. The third-order valence-electron chi connectivity index (χ3n) is 6.53. The molecule has 2 heterocycles. The van der Waals surface area contributed by atoms with E-state index in [0.29, 0.717) is 0 Å². The minimum Gasteiger partial charge on any atom is -0.497 e. The van der Waals surface area contributed by atoms with Crippen LogP contribution in [0.4, 0.5) is 0 Å². The van der Waals surface area contributed by atoms with Crippen LogP contribution < -0.4 is 14.8 Å². The monoisotopic (exact) mass is 431 g/mol. The van der Waals surface area contributed by atoms with E-state index in [4.69, 9.17) is 14.5 Å². The second kappa shape index (κ2) is 12.2. The predicted octanol–water partition coefficient (Wildman–Crippen LogP) is 2.52. The Morgan fingerprint density at radius 3 is 2.45 bits per heavy atom. The number of rotatable bonds is 8. The number of guanidine groups is 1. The van der Waals surface area contributed by atoms with E-state index in [1.807, 2.05) is 12.1 Å². The minimum atomic E-state index is 0.831. The van der Waals surface area contributed by atoms with Gasteiger partial charge in [-0.2, -0.15) is 0 Å². The number of hydrogen-bond donors (Lipinski definition) is 1. The van der Waals surface area contributed by atoms with Crippen molar-refractivity contribution in [1.82, 2.24) is 20.0 Å². The van der Waals surface area contributed by atoms with Gasteiger partial charge >= 0.3 is 0 Å². The first-order valence-corrected chi connectivity index (χ1v) is 11.8. The maximum atomic E-state index is 5.55. The number of benzene rings is 1. The van der Waals surface area contributed by atoms with Crippen molar-refractivity contribution >= 4 is 5.96 Å². The SMILES string of the molecule is CCNC(=NCCC1CCN(C)CC1)N1CCN(Cc2cc(OC)ccc2OC)CC1. The molecular formula is C24H41N5O2. The van der Waals surface area contributed by atoms with E-state index in [9.17, 15) is 0 Å². The highest BCUT2D eigenvalue weighted by atomic mass is 16.5. The van der Waals surface area contributed by atoms with E-state index in [0.717, 1.165) is 69.2 Å². The van der Waals surface area contributed by atoms with Crippen LogP contribution in [-0.2, 0) is 6.54 Å². The van der Waals surface area contributed by atoms with E-state index in [-0.39, 0.29) is 0 Å². The lowest BCUT2D eigenvalue weighted by atomic mass is 9.94. The summed E-state index contributed by atoms with van der Waals surface area (Å²) in [6, 6.07) is 6.02. The summed E-state index contributed by atoms with van der Waals surface area (Å²) in [5.74, 6) is 3.71. The third kappa shape index (κ3) is 7.01. The van der Waals surface area contributed by atoms with Gasteiger partial charge in [-0.3, -0.25) is 9.89 Å². The zero-order valence-corrected chi connectivity index (χ0v) is 19.9. The van der Waals surface area contributed by atoms with Crippen LogP contribution in [0.25, 0.3) is 0 Å². The molecule has 3 rings (SSSR count). The Bertz CT molecular complexity index is 695. The molecule has 2 fully saturated rings. The summed E-state index contributed by atoms with van der Waals surface area (Å²) in [5.41, 5.74) is 1.18. The van der Waals surface area contributed by atoms with E-state index >= 15 is 0 Å². The number of methoxy groups -OCH3 is 2. The van der Waals surface area contributed by atoms with Crippen molar-refractivity contribution in [3.63, 3.8) is 0 Å². The molecule has 1 N–H and O–H groups in total. The predicted molar refractivity (Wildman–Crippen MR) is 127 cm³/mol. The molecule has 0 atom stereocenters. The number of piperazine rings is 1. The van der Waals surface area contributed by atoms with Gasteiger partial charge in [-0.1, -0.05) is 0 Å². The Morgan fingerprint density at radius 2 is 1.81 bits per heavy atom. The molecular weight excluding hydrogens is 390 g/mol. The van der Waals surface area contributed by atoms with Gasteiger partial charge in [-0.25, -0.2) is 0 Å². The first-order valence-electron chi connectivity index (χ1n) is 11.8. The van der Waals surface area contributed by atoms with Crippen molar-refractivity contribution < 1.29 is 9.47 Å². The molecule has 0 aromatic heterocycles. The summed E-state index contributed by atoms with van der Waals surface area (Å²) in [4.78, 5) is 12.3. The van der Waals surface area contributed by atoms with Crippen molar-refractivity contribution in [2.24, 2.45) is 10.9 Å². The normalized spacial score (nSPS) is 19.5. The number of hydrogen-bond acceptors (Lipinski definition) is 5. The zero-order valence-electron chi connectivity index (χ0n) is 19.9. The number of ether oxygens (including phenoxy) is 2. The van der Waals surface area contributed by atoms with E-state index < -0.39 is 0 Å². The summed E-state index contributed by atoms with van der Waals surface area (Å²) >= 11 is 0. The standard InChI is InChI=1S/C24H41N5O2/c1-5-25-24(26-11-8-20-9-12-27(2)13-10-20)29-16-14-28(15-17-29)19-21-18-22(30-3)6-7-23(21)31-4/h6-7,18,20H,5,8-17,19H2,1-4H3,(H,25,26). The fourth-order valence-electron chi connectivity index (χ4n) is 4.49. The molecule has 0 aliphatic carbocycles. The Morgan fingerprint density at radius 1 is 1.06 bits per heavy atom. The highest BCUT2D eigenvalue weighted by molar-refractivity contribution is 5.80. The average Bonchev–Trinajstić information content (AvgIpc) is 2.80. The number of likely N-dealkylation sites (tertiary alicyclic amines) is 1. The molecule has 0 spiro atoms. The zero-order chi connectivity index (χ0) is 22.1. The maximum absolute atomic E-state index is 5.55. The lowest BCUT2D eigenvalue weighted by molar-refractivity contribution is 0.170. The molecule has 2 saturated heterocycles. The van der Waals surface area contributed by atoms with Crippen LogP contribution >= 0.6 is 0 Å². The summed E-state index contributed by atoms with van der Waals surface area (Å²) < 4.78 is 11.0. The second-order valence-corrected chi connectivity index (χ2v) is 8.71. The highest BCUT2D eigenvalue weighted by Gasteiger charge is 2.21. The molecule has 0 radical (unpaired) electrons. The smallest absolute Gasteiger partial charge is 0.194 e. The number of aliphatic imine (C=N–C) groups is 1. The van der Waals surface area contributed by atoms with Gasteiger partial charge in [0.05, 0.1) is 14.2 Å². The van der Waals surface area contributed by atoms with Gasteiger partial charge in [-0.05, 0) is 70.4 Å². The van der Waals surface area contributed by atoms with Crippen molar-refractivity contribution in [2.45, 2.75) is 32.7 Å². The largest absolute Gasteiger partial charge is 0.497 e. The van der Waals surface area contributed by atoms with Gasteiger partial charge in [0, 0.05) is 51.4 Å². The molecule has 0 unspecified atom stereocenters. The molecule has 0 bridgehead atoms. The van der Waals surface area contributed by atoms with Crippen LogP contribution in [0, 0.1) is 5.92 Å². The summed E-state index contributed by atoms with van der Waals surface area (Å²) in [7, 11) is 5.66. The van der Waals surface area contributed by atoms with Gasteiger partial charge in [0.25, 0.3) is 0 Å². The van der Waals surface area contributed by atoms with Crippen molar-refractivity contribution in [3.8, 4) is 11.5 Å². The Hall–Kier alpha value is -1.99. The summed E-state index contributed by atoms with van der Waals surface area (Å²) in [6.45, 7) is 11.3. The number of nitrogens with zero attached hydrogens (tertiary/aromatic N) is 4. The van der Waals surface area contributed by atoms with Crippen LogP contribution in [0.2, 0.25) is 0 Å². The quantitative estimate of drug-likeness (QED) is 0.504. The molecule has 0 saturated carbocycles. The van der Waals surface area contributed by atoms with Crippen molar-refractivity contribution in [1.29, 1.82) is 0 Å². The molecule has 2 aliphatic heterocycles. The molecule has 7 nitrogen and oxygen atoms in total. The Labute approximate surface area is 188 Å². The van der Waals surface area contributed by atoms with Crippen molar-refractivity contribution in [2.75, 3.05) is 73.6 Å². The third-order valence-corrected chi connectivity index (χ3v) is 6.53. The fourth-order valence-corrected chi connectivity index (χ4v) is 4.49. The minimum absolute atomic E-state index is 0.831. The lowest BCUT2D eigenvalue weighted by Gasteiger charge is -2.36. The molecule has 7 heteroatoms. The molecule has 1 aromatic carbocycles. The van der Waals surface area contributed by atoms with Crippen LogP contribution in [0.3, 0.4) is 0 Å². The van der Waals surface area contributed by atoms with E-state index in [1.165, 1.54) is 37.9 Å².